The van der Waals surface area contributed by atoms with Crippen molar-refractivity contribution in [1.82, 2.24) is 15.0 Å². The molecule has 0 aliphatic carbocycles. The minimum atomic E-state index is -0.481. The number of aryl methyl sites for hydroxylation is 1. The summed E-state index contributed by atoms with van der Waals surface area (Å²) in [5, 5.41) is 15.4. The Balaban J connectivity index is 1.95. The van der Waals surface area contributed by atoms with Crippen LogP contribution >= 0.6 is 0 Å². The molecule has 9 heteroatoms. The van der Waals surface area contributed by atoms with Gasteiger partial charge in [-0.2, -0.15) is 5.26 Å². The number of pyridine rings is 1. The van der Waals surface area contributed by atoms with E-state index in [1.54, 1.807) is 25.1 Å². The van der Waals surface area contributed by atoms with Gasteiger partial charge in [-0.25, -0.2) is 14.4 Å². The van der Waals surface area contributed by atoms with Gasteiger partial charge in [0, 0.05) is 17.3 Å². The summed E-state index contributed by atoms with van der Waals surface area (Å²) in [5.74, 6) is 0.658. The Morgan fingerprint density at radius 2 is 2.00 bits per heavy atom. The number of nitriles is 1. The van der Waals surface area contributed by atoms with E-state index in [0.29, 0.717) is 40.7 Å². The van der Waals surface area contributed by atoms with Crippen molar-refractivity contribution in [2.24, 2.45) is 0 Å². The fraction of sp³-hybridized carbons (Fsp3) is 0.200. The second-order valence-electron chi connectivity index (χ2n) is 6.15. The fourth-order valence-electron chi connectivity index (χ4n) is 2.74. The fourth-order valence-corrected chi connectivity index (χ4v) is 2.74. The number of benzene rings is 1. The number of methoxy groups -OCH3 is 1. The summed E-state index contributed by atoms with van der Waals surface area (Å²) in [6.45, 7) is 3.70. The molecule has 0 bridgehead atoms. The number of nitrogens with two attached hydrogens (primary N) is 1. The lowest BCUT2D eigenvalue weighted by molar-refractivity contribution is 0.388. The molecule has 0 fully saturated rings. The number of anilines is 5. The molecule has 4 N–H and O–H groups in total. The van der Waals surface area contributed by atoms with Crippen LogP contribution < -0.4 is 21.1 Å². The zero-order chi connectivity index (χ0) is 21.0. The smallest absolute Gasteiger partial charge is 0.177 e. The van der Waals surface area contributed by atoms with Crippen LogP contribution in [0.5, 0.6) is 5.75 Å². The van der Waals surface area contributed by atoms with Crippen molar-refractivity contribution >= 4 is 28.8 Å². The first-order valence-electron chi connectivity index (χ1n) is 8.86. The van der Waals surface area contributed by atoms with Crippen LogP contribution in [0.25, 0.3) is 0 Å². The van der Waals surface area contributed by atoms with Crippen molar-refractivity contribution in [1.29, 1.82) is 5.26 Å². The molecule has 0 radical (unpaired) electrons. The molecule has 2 heterocycles. The standard InChI is InChI=1S/C20H20FN7O/c1-4-13-16(9-22)26-18(10-24-13)27-17-8-15(11(2)20(23)28-17)25-14-7-5-6-12(21)19(14)29-3/h5-8,10H,4H2,1-3H3,(H4,23,25,26,27,28). The van der Waals surface area contributed by atoms with Crippen molar-refractivity contribution in [3.63, 3.8) is 0 Å². The van der Waals surface area contributed by atoms with Crippen molar-refractivity contribution in [3.05, 3.63) is 53.2 Å². The van der Waals surface area contributed by atoms with Gasteiger partial charge in [-0.3, -0.25) is 4.98 Å². The van der Waals surface area contributed by atoms with Crippen molar-refractivity contribution < 1.29 is 9.13 Å². The molecule has 0 saturated carbocycles. The number of nitrogens with one attached hydrogen (secondary N) is 2. The van der Waals surface area contributed by atoms with Gasteiger partial charge < -0.3 is 21.1 Å². The maximum absolute atomic E-state index is 14.0. The molecule has 0 unspecified atom stereocenters. The van der Waals surface area contributed by atoms with E-state index < -0.39 is 5.82 Å². The highest BCUT2D eigenvalue weighted by Crippen LogP contribution is 2.33. The molecule has 0 aliphatic heterocycles. The third kappa shape index (κ3) is 4.16. The Kier molecular flexibility index (Phi) is 5.74. The maximum Gasteiger partial charge on any atom is 0.177 e. The second kappa shape index (κ2) is 8.39. The lowest BCUT2D eigenvalue weighted by Gasteiger charge is -2.16. The van der Waals surface area contributed by atoms with Gasteiger partial charge in [0.25, 0.3) is 0 Å². The lowest BCUT2D eigenvalue weighted by Crippen LogP contribution is -2.06. The second-order valence-corrected chi connectivity index (χ2v) is 6.15. The van der Waals surface area contributed by atoms with Gasteiger partial charge in [0.2, 0.25) is 0 Å². The van der Waals surface area contributed by atoms with Crippen LogP contribution in [-0.4, -0.2) is 22.1 Å². The number of nitrogen functional groups attached to an aromatic ring is 1. The highest BCUT2D eigenvalue weighted by molar-refractivity contribution is 5.75. The summed E-state index contributed by atoms with van der Waals surface area (Å²) in [6.07, 6.45) is 2.13. The molecule has 29 heavy (non-hydrogen) atoms. The SMILES string of the molecule is CCc1ncc(Nc2cc(Nc3cccc(F)c3OC)c(C)c(N)n2)nc1C#N. The highest BCUT2D eigenvalue weighted by atomic mass is 19.1. The first kappa shape index (κ1) is 19.8. The molecular weight excluding hydrogens is 373 g/mol. The van der Waals surface area contributed by atoms with Gasteiger partial charge in [0.05, 0.1) is 24.7 Å². The van der Waals surface area contributed by atoms with E-state index in [1.807, 2.05) is 13.0 Å². The number of aromatic nitrogens is 3. The monoisotopic (exact) mass is 393 g/mol. The average molecular weight is 393 g/mol. The van der Waals surface area contributed by atoms with Crippen LogP contribution in [0.2, 0.25) is 0 Å². The Hall–Kier alpha value is -3.93. The van der Waals surface area contributed by atoms with Crippen LogP contribution in [0.4, 0.5) is 33.2 Å². The number of ether oxygens (including phenoxy) is 1. The van der Waals surface area contributed by atoms with Crippen molar-refractivity contribution in [3.8, 4) is 11.8 Å². The van der Waals surface area contributed by atoms with E-state index in [1.165, 1.54) is 19.4 Å². The average Bonchev–Trinajstić information content (AvgIpc) is 2.71. The van der Waals surface area contributed by atoms with Gasteiger partial charge in [0.1, 0.15) is 17.7 Å². The molecule has 3 rings (SSSR count). The quantitative estimate of drug-likeness (QED) is 0.577. The van der Waals surface area contributed by atoms with E-state index in [9.17, 15) is 9.65 Å². The first-order valence-corrected chi connectivity index (χ1v) is 8.86. The number of hydrogen-bond acceptors (Lipinski definition) is 8. The Morgan fingerprint density at radius 1 is 1.21 bits per heavy atom. The van der Waals surface area contributed by atoms with Gasteiger partial charge in [-0.15, -0.1) is 0 Å². The van der Waals surface area contributed by atoms with E-state index in [-0.39, 0.29) is 17.3 Å². The van der Waals surface area contributed by atoms with Crippen LogP contribution in [0, 0.1) is 24.1 Å². The highest BCUT2D eigenvalue weighted by Gasteiger charge is 2.13. The van der Waals surface area contributed by atoms with Gasteiger partial charge in [-0.05, 0) is 25.5 Å². The number of hydrogen-bond donors (Lipinski definition) is 3. The summed E-state index contributed by atoms with van der Waals surface area (Å²) in [4.78, 5) is 12.8. The minimum Gasteiger partial charge on any atom is -0.492 e. The predicted molar refractivity (Wildman–Crippen MR) is 109 cm³/mol. The van der Waals surface area contributed by atoms with Gasteiger partial charge in [-0.1, -0.05) is 13.0 Å². The van der Waals surface area contributed by atoms with Crippen LogP contribution in [-0.2, 0) is 6.42 Å². The van der Waals surface area contributed by atoms with Crippen molar-refractivity contribution in [2.45, 2.75) is 20.3 Å². The molecule has 0 amide bonds. The third-order valence-corrected chi connectivity index (χ3v) is 4.30. The van der Waals surface area contributed by atoms with Crippen LogP contribution in [0.15, 0.2) is 30.5 Å². The molecule has 148 valence electrons. The molecule has 0 spiro atoms. The van der Waals surface area contributed by atoms with Crippen LogP contribution in [0.3, 0.4) is 0 Å². The largest absolute Gasteiger partial charge is 0.492 e. The summed E-state index contributed by atoms with van der Waals surface area (Å²) >= 11 is 0. The molecular formula is C20H20FN7O. The zero-order valence-electron chi connectivity index (χ0n) is 16.2. The lowest BCUT2D eigenvalue weighted by atomic mass is 10.2. The summed E-state index contributed by atoms with van der Waals surface area (Å²) in [7, 11) is 1.40. The Bertz CT molecular complexity index is 1090. The summed E-state index contributed by atoms with van der Waals surface area (Å²) < 4.78 is 19.1. The van der Waals surface area contributed by atoms with E-state index in [0.717, 1.165) is 0 Å². The summed E-state index contributed by atoms with van der Waals surface area (Å²) in [6, 6.07) is 8.33. The molecule has 0 saturated heterocycles. The molecule has 3 aromatic rings. The summed E-state index contributed by atoms with van der Waals surface area (Å²) in [5.41, 5.74) is 8.67. The normalized spacial score (nSPS) is 10.3. The number of halogens is 1. The zero-order valence-corrected chi connectivity index (χ0v) is 16.2. The van der Waals surface area contributed by atoms with E-state index in [2.05, 4.69) is 25.6 Å². The molecule has 8 nitrogen and oxygen atoms in total. The third-order valence-electron chi connectivity index (χ3n) is 4.30. The molecule has 0 aliphatic rings. The van der Waals surface area contributed by atoms with Crippen LogP contribution in [0.1, 0.15) is 23.9 Å². The topological polar surface area (TPSA) is 122 Å². The minimum absolute atomic E-state index is 0.0940. The molecule has 0 atom stereocenters. The van der Waals surface area contributed by atoms with Gasteiger partial charge >= 0.3 is 0 Å². The Labute approximate surface area is 167 Å². The molecule has 2 aromatic heterocycles. The number of para-hydroxylation sites is 1. The van der Waals surface area contributed by atoms with E-state index >= 15 is 0 Å². The first-order chi connectivity index (χ1) is 14.0. The van der Waals surface area contributed by atoms with Gasteiger partial charge in [0.15, 0.2) is 23.1 Å². The van der Waals surface area contributed by atoms with E-state index in [4.69, 9.17) is 10.5 Å². The number of nitrogens with zero attached hydrogens (tertiary/aromatic N) is 4. The molecule has 1 aromatic carbocycles. The Morgan fingerprint density at radius 3 is 2.69 bits per heavy atom. The predicted octanol–water partition coefficient (Wildman–Crippen LogP) is 3.83. The van der Waals surface area contributed by atoms with Crippen molar-refractivity contribution in [2.75, 3.05) is 23.5 Å². The number of rotatable bonds is 6. The maximum atomic E-state index is 14.0.